The van der Waals surface area contributed by atoms with Crippen LogP contribution in [0.25, 0.3) is 12.2 Å². The zero-order chi connectivity index (χ0) is 15.1. The van der Waals surface area contributed by atoms with Crippen molar-refractivity contribution in [2.45, 2.75) is 13.2 Å². The second-order valence-electron chi connectivity index (χ2n) is 4.49. The minimum absolute atomic E-state index is 0.639. The minimum atomic E-state index is -0.999. The Morgan fingerprint density at radius 3 is 2.60 bits per heavy atom. The fourth-order valence-electron chi connectivity index (χ4n) is 1.86. The van der Waals surface area contributed by atoms with Crippen molar-refractivity contribution >= 4 is 24.2 Å². The molecule has 1 N–H and O–H groups in total. The standard InChI is InChI=1S/C16H22N2O2/c1-6-8-12-9-10-14(16(19)20-5)15(13(12)7-2)17-11-18(3)4/h6-11,16,19H,1H2,2-5H3/b12-8-,13-7+,17-11?. The summed E-state index contributed by atoms with van der Waals surface area (Å²) in [5, 5.41) is 11.9. The van der Waals surface area contributed by atoms with Crippen molar-refractivity contribution in [3.05, 3.63) is 40.8 Å². The first-order chi connectivity index (χ1) is 9.54. The number of rotatable bonds is 5. The van der Waals surface area contributed by atoms with Crippen molar-refractivity contribution in [2.24, 2.45) is 4.99 Å². The lowest BCUT2D eigenvalue weighted by atomic mass is 10.1. The molecule has 0 aliphatic heterocycles. The number of hydrogen-bond donors (Lipinski definition) is 1. The van der Waals surface area contributed by atoms with E-state index in [1.165, 1.54) is 7.11 Å². The lowest BCUT2D eigenvalue weighted by molar-refractivity contribution is -0.0765. The number of allylic oxidation sites excluding steroid dienone is 1. The van der Waals surface area contributed by atoms with Gasteiger partial charge in [0.2, 0.25) is 0 Å². The predicted octanol–water partition coefficient (Wildman–Crippen LogP) is 1.31. The summed E-state index contributed by atoms with van der Waals surface area (Å²) in [5.41, 5.74) is 1.34. The van der Waals surface area contributed by atoms with Crippen molar-refractivity contribution in [3.63, 3.8) is 0 Å². The highest BCUT2D eigenvalue weighted by Crippen LogP contribution is 2.21. The maximum Gasteiger partial charge on any atom is 0.182 e. The molecule has 0 bridgehead atoms. The molecule has 20 heavy (non-hydrogen) atoms. The third-order valence-electron chi connectivity index (χ3n) is 2.78. The molecule has 0 aliphatic carbocycles. The lowest BCUT2D eigenvalue weighted by Crippen LogP contribution is -2.26. The van der Waals surface area contributed by atoms with Crippen molar-refractivity contribution in [2.75, 3.05) is 21.2 Å². The summed E-state index contributed by atoms with van der Waals surface area (Å²) in [7, 11) is 5.25. The van der Waals surface area contributed by atoms with Crippen LogP contribution in [0.15, 0.2) is 29.8 Å². The fraction of sp³-hybridized carbons (Fsp3) is 0.312. The molecule has 0 saturated carbocycles. The van der Waals surface area contributed by atoms with Crippen molar-refractivity contribution in [1.82, 2.24) is 4.90 Å². The van der Waals surface area contributed by atoms with Gasteiger partial charge in [-0.15, -0.1) is 0 Å². The largest absolute Gasteiger partial charge is 0.369 e. The summed E-state index contributed by atoms with van der Waals surface area (Å²) in [6.45, 7) is 5.66. The van der Waals surface area contributed by atoms with Gasteiger partial charge < -0.3 is 14.7 Å². The third kappa shape index (κ3) is 3.79. The number of ether oxygens (including phenoxy) is 1. The summed E-state index contributed by atoms with van der Waals surface area (Å²) >= 11 is 0. The molecular formula is C16H22N2O2. The van der Waals surface area contributed by atoms with Crippen LogP contribution in [-0.2, 0) is 4.74 Å². The Balaban J connectivity index is 3.65. The van der Waals surface area contributed by atoms with Crippen LogP contribution in [0.2, 0.25) is 0 Å². The number of aliphatic hydroxyl groups excluding tert-OH is 1. The molecule has 4 heteroatoms. The highest BCUT2D eigenvalue weighted by molar-refractivity contribution is 5.64. The molecule has 0 aliphatic rings. The van der Waals surface area contributed by atoms with Crippen LogP contribution in [0.4, 0.5) is 5.69 Å². The van der Waals surface area contributed by atoms with E-state index in [-0.39, 0.29) is 0 Å². The third-order valence-corrected chi connectivity index (χ3v) is 2.78. The van der Waals surface area contributed by atoms with E-state index in [0.717, 1.165) is 10.4 Å². The van der Waals surface area contributed by atoms with Gasteiger partial charge in [0.15, 0.2) is 6.29 Å². The number of benzene rings is 1. The molecule has 1 atom stereocenters. The molecule has 0 radical (unpaired) electrons. The fourth-order valence-corrected chi connectivity index (χ4v) is 1.86. The summed E-state index contributed by atoms with van der Waals surface area (Å²) in [6.07, 6.45) is 6.30. The smallest absolute Gasteiger partial charge is 0.182 e. The van der Waals surface area contributed by atoms with Gasteiger partial charge in [-0.3, -0.25) is 0 Å². The second kappa shape index (κ2) is 7.62. The van der Waals surface area contributed by atoms with Crippen LogP contribution in [0.5, 0.6) is 0 Å². The molecule has 1 aromatic rings. The van der Waals surface area contributed by atoms with Gasteiger partial charge in [-0.05, 0) is 12.1 Å². The molecule has 0 aromatic heterocycles. The number of hydrogen-bond acceptors (Lipinski definition) is 3. The molecule has 4 nitrogen and oxygen atoms in total. The number of methoxy groups -OCH3 is 1. The first kappa shape index (κ1) is 16.1. The second-order valence-corrected chi connectivity index (χ2v) is 4.49. The Morgan fingerprint density at radius 2 is 2.10 bits per heavy atom. The van der Waals surface area contributed by atoms with Crippen LogP contribution >= 0.6 is 0 Å². The Morgan fingerprint density at radius 1 is 1.40 bits per heavy atom. The SMILES string of the molecule is C=C/C=c1/ccc(C(O)OC)c(N=CN(C)C)/c1=C/C. The Hall–Kier alpha value is -1.91. The van der Waals surface area contributed by atoms with Crippen LogP contribution in [0.3, 0.4) is 0 Å². The van der Waals surface area contributed by atoms with Crippen molar-refractivity contribution in [3.8, 4) is 0 Å². The van der Waals surface area contributed by atoms with Crippen molar-refractivity contribution < 1.29 is 9.84 Å². The normalized spacial score (nSPS) is 14.8. The first-order valence-corrected chi connectivity index (χ1v) is 6.38. The van der Waals surface area contributed by atoms with E-state index in [9.17, 15) is 5.11 Å². The van der Waals surface area contributed by atoms with Gasteiger partial charge in [0.25, 0.3) is 0 Å². The summed E-state index contributed by atoms with van der Waals surface area (Å²) in [6, 6.07) is 3.74. The van der Waals surface area contributed by atoms with Crippen molar-refractivity contribution in [1.29, 1.82) is 0 Å². The zero-order valence-electron chi connectivity index (χ0n) is 12.5. The first-order valence-electron chi connectivity index (χ1n) is 6.38. The molecule has 0 heterocycles. The van der Waals surface area contributed by atoms with Crippen LogP contribution in [0, 0.1) is 0 Å². The van der Waals surface area contributed by atoms with E-state index in [1.807, 2.05) is 50.2 Å². The molecule has 108 valence electrons. The van der Waals surface area contributed by atoms with Gasteiger partial charge >= 0.3 is 0 Å². The zero-order valence-corrected chi connectivity index (χ0v) is 12.5. The van der Waals surface area contributed by atoms with Crippen LogP contribution < -0.4 is 10.4 Å². The molecule has 1 rings (SSSR count). The minimum Gasteiger partial charge on any atom is -0.369 e. The van der Waals surface area contributed by atoms with E-state index < -0.39 is 6.29 Å². The van der Waals surface area contributed by atoms with E-state index in [2.05, 4.69) is 11.6 Å². The number of aliphatic imine (C=N–C) groups is 1. The van der Waals surface area contributed by atoms with E-state index >= 15 is 0 Å². The van der Waals surface area contributed by atoms with Crippen LogP contribution in [-0.4, -0.2) is 37.6 Å². The monoisotopic (exact) mass is 274 g/mol. The topological polar surface area (TPSA) is 45.1 Å². The van der Waals surface area contributed by atoms with Gasteiger partial charge in [0.1, 0.15) is 0 Å². The highest BCUT2D eigenvalue weighted by Gasteiger charge is 2.12. The average molecular weight is 274 g/mol. The average Bonchev–Trinajstić information content (AvgIpc) is 2.44. The quantitative estimate of drug-likeness (QED) is 0.500. The van der Waals surface area contributed by atoms with Gasteiger partial charge in [0, 0.05) is 32.0 Å². The van der Waals surface area contributed by atoms with Gasteiger partial charge in [-0.25, -0.2) is 4.99 Å². The summed E-state index contributed by atoms with van der Waals surface area (Å²) < 4.78 is 5.01. The molecule has 1 unspecified atom stereocenters. The van der Waals surface area contributed by atoms with E-state index in [1.54, 1.807) is 12.4 Å². The van der Waals surface area contributed by atoms with E-state index in [0.29, 0.717) is 11.3 Å². The van der Waals surface area contributed by atoms with Crippen LogP contribution in [0.1, 0.15) is 18.8 Å². The Kier molecular flexibility index (Phi) is 6.15. The maximum absolute atomic E-state index is 9.96. The molecule has 0 fully saturated rings. The van der Waals surface area contributed by atoms with Gasteiger partial charge in [-0.2, -0.15) is 0 Å². The Labute approximate surface area is 120 Å². The molecule has 0 amide bonds. The van der Waals surface area contributed by atoms with E-state index in [4.69, 9.17) is 4.74 Å². The number of aliphatic hydroxyl groups is 1. The Bertz CT molecular complexity index is 604. The summed E-state index contributed by atoms with van der Waals surface area (Å²) in [4.78, 5) is 6.30. The molecular weight excluding hydrogens is 252 g/mol. The maximum atomic E-state index is 9.96. The highest BCUT2D eigenvalue weighted by atomic mass is 16.6. The predicted molar refractivity (Wildman–Crippen MR) is 84.3 cm³/mol. The molecule has 0 saturated heterocycles. The van der Waals surface area contributed by atoms with Gasteiger partial charge in [0.05, 0.1) is 12.0 Å². The lowest BCUT2D eigenvalue weighted by Gasteiger charge is -2.13. The van der Waals surface area contributed by atoms with Gasteiger partial charge in [-0.1, -0.05) is 36.9 Å². The summed E-state index contributed by atoms with van der Waals surface area (Å²) in [5.74, 6) is 0. The molecule has 1 aromatic carbocycles. The number of nitrogens with zero attached hydrogens (tertiary/aromatic N) is 2. The molecule has 0 spiro atoms.